The Bertz CT molecular complexity index is 1050. The van der Waals surface area contributed by atoms with Crippen LogP contribution >= 0.6 is 0 Å². The molecule has 7 nitrogen and oxygen atoms in total. The third-order valence-corrected chi connectivity index (χ3v) is 3.52. The summed E-state index contributed by atoms with van der Waals surface area (Å²) in [5.41, 5.74) is 0.753. The summed E-state index contributed by atoms with van der Waals surface area (Å²) in [4.78, 5) is 24.7. The molecule has 0 aromatic carbocycles. The second-order valence-electron chi connectivity index (χ2n) is 5.21. The fourth-order valence-corrected chi connectivity index (χ4v) is 2.40. The average molecular weight is 331 g/mol. The zero-order chi connectivity index (χ0) is 17.1. The maximum atomic E-state index is 12.0. The molecule has 122 valence electrons. The van der Waals surface area contributed by atoms with Gasteiger partial charge in [-0.1, -0.05) is 6.07 Å². The number of rotatable bonds is 4. The monoisotopic (exact) mass is 331 g/mol. The summed E-state index contributed by atoms with van der Waals surface area (Å²) in [5.74, 6) is 1.42. The summed E-state index contributed by atoms with van der Waals surface area (Å²) in [6.07, 6.45) is 9.63. The summed E-state index contributed by atoms with van der Waals surface area (Å²) in [6.45, 7) is 0. The van der Waals surface area contributed by atoms with Crippen molar-refractivity contribution >= 4 is 28.8 Å². The van der Waals surface area contributed by atoms with Crippen molar-refractivity contribution in [3.63, 3.8) is 0 Å². The zero-order valence-electron chi connectivity index (χ0n) is 13.0. The van der Waals surface area contributed by atoms with Crippen molar-refractivity contribution in [1.82, 2.24) is 19.5 Å². The molecule has 1 N–H and O–H groups in total. The van der Waals surface area contributed by atoms with Crippen LogP contribution in [-0.4, -0.2) is 25.4 Å². The third kappa shape index (κ3) is 3.16. The van der Waals surface area contributed by atoms with Crippen molar-refractivity contribution in [3.05, 3.63) is 73.2 Å². The second kappa shape index (κ2) is 6.40. The maximum Gasteiger partial charge on any atom is 0.249 e. The molecule has 1 amide bonds. The fraction of sp³-hybridized carbons (Fsp3) is 0. The number of pyridine rings is 1. The van der Waals surface area contributed by atoms with Gasteiger partial charge in [-0.25, -0.2) is 15.0 Å². The topological polar surface area (TPSA) is 85.8 Å². The van der Waals surface area contributed by atoms with E-state index in [1.165, 1.54) is 12.4 Å². The maximum absolute atomic E-state index is 12.0. The van der Waals surface area contributed by atoms with Crippen LogP contribution in [0.4, 0.5) is 5.82 Å². The lowest BCUT2D eigenvalue weighted by atomic mass is 10.3. The van der Waals surface area contributed by atoms with E-state index in [2.05, 4.69) is 20.3 Å². The van der Waals surface area contributed by atoms with Gasteiger partial charge in [0, 0.05) is 23.9 Å². The lowest BCUT2D eigenvalue weighted by molar-refractivity contribution is -0.111. The number of nitrogens with zero attached hydrogens (tertiary/aromatic N) is 4. The Hall–Kier alpha value is -3.74. The lowest BCUT2D eigenvalue weighted by Gasteiger charge is -2.06. The highest BCUT2D eigenvalue weighted by Gasteiger charge is 2.07. The summed E-state index contributed by atoms with van der Waals surface area (Å²) >= 11 is 0. The first-order valence-electron chi connectivity index (χ1n) is 7.57. The number of anilines is 1. The molecule has 0 spiro atoms. The minimum absolute atomic E-state index is 0.291. The quantitative estimate of drug-likeness (QED) is 0.581. The summed E-state index contributed by atoms with van der Waals surface area (Å²) in [5, 5.41) is 3.65. The van der Waals surface area contributed by atoms with E-state index in [-0.39, 0.29) is 5.91 Å². The van der Waals surface area contributed by atoms with Crippen LogP contribution in [-0.2, 0) is 4.79 Å². The molecule has 4 heterocycles. The van der Waals surface area contributed by atoms with Crippen molar-refractivity contribution in [1.29, 1.82) is 0 Å². The number of carbonyl (C=O) groups is 1. The highest BCUT2D eigenvalue weighted by Crippen LogP contribution is 2.17. The van der Waals surface area contributed by atoms with Crippen molar-refractivity contribution in [2.45, 2.75) is 0 Å². The Morgan fingerprint density at radius 1 is 1.20 bits per heavy atom. The first-order chi connectivity index (χ1) is 12.3. The third-order valence-electron chi connectivity index (χ3n) is 3.52. The van der Waals surface area contributed by atoms with Gasteiger partial charge in [0.15, 0.2) is 0 Å². The molecule has 0 aliphatic carbocycles. The van der Waals surface area contributed by atoms with Gasteiger partial charge in [0.2, 0.25) is 5.91 Å². The Labute approximate surface area is 142 Å². The highest BCUT2D eigenvalue weighted by atomic mass is 16.3. The van der Waals surface area contributed by atoms with Crippen LogP contribution in [0.5, 0.6) is 0 Å². The molecular weight excluding hydrogens is 318 g/mol. The SMILES string of the molecule is O=C(/C=C/c1ccco1)Nc1cccc(-n2ccc3cncnc32)n1. The molecule has 0 saturated carbocycles. The van der Waals surface area contributed by atoms with E-state index in [1.54, 1.807) is 36.7 Å². The van der Waals surface area contributed by atoms with Crippen LogP contribution in [0.15, 0.2) is 71.9 Å². The molecule has 0 aliphatic heterocycles. The first kappa shape index (κ1) is 14.8. The zero-order valence-corrected chi connectivity index (χ0v) is 13.0. The van der Waals surface area contributed by atoms with Gasteiger partial charge < -0.3 is 9.73 Å². The molecule has 0 atom stereocenters. The van der Waals surface area contributed by atoms with Crippen LogP contribution in [0.2, 0.25) is 0 Å². The van der Waals surface area contributed by atoms with E-state index in [0.29, 0.717) is 17.4 Å². The average Bonchev–Trinajstić information content (AvgIpc) is 3.30. The van der Waals surface area contributed by atoms with Crippen LogP contribution < -0.4 is 5.32 Å². The van der Waals surface area contributed by atoms with Gasteiger partial charge in [0.25, 0.3) is 0 Å². The molecule has 7 heteroatoms. The molecule has 4 rings (SSSR count). The first-order valence-corrected chi connectivity index (χ1v) is 7.57. The predicted molar refractivity (Wildman–Crippen MR) is 93.0 cm³/mol. The van der Waals surface area contributed by atoms with Gasteiger partial charge in [0.1, 0.15) is 29.4 Å². The second-order valence-corrected chi connectivity index (χ2v) is 5.21. The molecule has 4 aromatic heterocycles. The number of hydrogen-bond acceptors (Lipinski definition) is 5. The summed E-state index contributed by atoms with van der Waals surface area (Å²) < 4.78 is 6.98. The van der Waals surface area contributed by atoms with E-state index in [9.17, 15) is 4.79 Å². The Morgan fingerprint density at radius 2 is 2.16 bits per heavy atom. The molecule has 0 aliphatic rings. The van der Waals surface area contributed by atoms with E-state index in [4.69, 9.17) is 4.42 Å². The predicted octanol–water partition coefficient (Wildman–Crippen LogP) is 3.06. The van der Waals surface area contributed by atoms with Crippen LogP contribution in [0.1, 0.15) is 5.76 Å². The Kier molecular flexibility index (Phi) is 3.80. The number of hydrogen-bond donors (Lipinski definition) is 1. The van der Waals surface area contributed by atoms with Crippen molar-refractivity contribution < 1.29 is 9.21 Å². The number of carbonyl (C=O) groups excluding carboxylic acids is 1. The largest absolute Gasteiger partial charge is 0.465 e. The fourth-order valence-electron chi connectivity index (χ4n) is 2.40. The molecule has 4 aromatic rings. The van der Waals surface area contributed by atoms with Gasteiger partial charge in [-0.15, -0.1) is 0 Å². The summed E-state index contributed by atoms with van der Waals surface area (Å²) in [6, 6.07) is 10.8. The number of furan rings is 1. The normalized spacial score (nSPS) is 11.2. The molecule has 0 fully saturated rings. The molecule has 0 unspecified atom stereocenters. The molecule has 0 radical (unpaired) electrons. The highest BCUT2D eigenvalue weighted by molar-refractivity contribution is 6.01. The van der Waals surface area contributed by atoms with Gasteiger partial charge in [0.05, 0.1) is 6.26 Å². The van der Waals surface area contributed by atoms with E-state index in [0.717, 1.165) is 11.0 Å². The minimum Gasteiger partial charge on any atom is -0.465 e. The van der Waals surface area contributed by atoms with Crippen molar-refractivity contribution in [2.75, 3.05) is 5.32 Å². The standard InChI is InChI=1S/C18H13N5O2/c24-17(7-6-14-3-2-10-25-14)22-15-4-1-5-16(21-15)23-9-8-13-11-19-12-20-18(13)23/h1-12H,(H,21,22,24)/b7-6+. The lowest BCUT2D eigenvalue weighted by Crippen LogP contribution is -2.10. The molecule has 0 bridgehead atoms. The number of fused-ring (bicyclic) bond motifs is 1. The minimum atomic E-state index is -0.291. The van der Waals surface area contributed by atoms with E-state index >= 15 is 0 Å². The Morgan fingerprint density at radius 3 is 3.04 bits per heavy atom. The molecular formula is C18H13N5O2. The van der Waals surface area contributed by atoms with Crippen LogP contribution in [0.25, 0.3) is 22.9 Å². The van der Waals surface area contributed by atoms with Gasteiger partial charge in [-0.2, -0.15) is 0 Å². The van der Waals surface area contributed by atoms with Gasteiger partial charge in [-0.05, 0) is 36.4 Å². The number of amides is 1. The number of aromatic nitrogens is 4. The number of nitrogens with one attached hydrogen (secondary N) is 1. The van der Waals surface area contributed by atoms with E-state index in [1.807, 2.05) is 29.0 Å². The Balaban J connectivity index is 1.56. The van der Waals surface area contributed by atoms with Crippen molar-refractivity contribution in [2.24, 2.45) is 0 Å². The van der Waals surface area contributed by atoms with Crippen molar-refractivity contribution in [3.8, 4) is 5.82 Å². The van der Waals surface area contributed by atoms with Gasteiger partial charge in [-0.3, -0.25) is 9.36 Å². The van der Waals surface area contributed by atoms with Crippen LogP contribution in [0, 0.1) is 0 Å². The smallest absolute Gasteiger partial charge is 0.249 e. The summed E-state index contributed by atoms with van der Waals surface area (Å²) in [7, 11) is 0. The molecule has 0 saturated heterocycles. The molecule has 25 heavy (non-hydrogen) atoms. The van der Waals surface area contributed by atoms with Gasteiger partial charge >= 0.3 is 0 Å². The van der Waals surface area contributed by atoms with Crippen LogP contribution in [0.3, 0.4) is 0 Å². The van der Waals surface area contributed by atoms with E-state index < -0.39 is 0 Å².